The number of halogens is 6. The summed E-state index contributed by atoms with van der Waals surface area (Å²) < 4.78 is 77.9. The number of sulfone groups is 1. The maximum Gasteiger partial charge on any atom is 0.417 e. The van der Waals surface area contributed by atoms with Crippen molar-refractivity contribution in [3.8, 4) is 0 Å². The highest BCUT2D eigenvalue weighted by molar-refractivity contribution is 7.91. The molecule has 4 atom stereocenters. The molecule has 2 aromatic rings. The lowest BCUT2D eigenvalue weighted by atomic mass is 9.85. The number of pyridine rings is 1. The molecule has 2 aliphatic carbocycles. The summed E-state index contributed by atoms with van der Waals surface area (Å²) in [7, 11) is -3.79. The smallest absolute Gasteiger partial charge is 0.417 e. The molecule has 5 rings (SSSR count). The van der Waals surface area contributed by atoms with Crippen LogP contribution >= 0.6 is 24.8 Å². The number of carboxylic acid groups (broad SMARTS) is 1. The molecule has 246 valence electrons. The first-order valence-electron chi connectivity index (χ1n) is 14.9. The molecule has 2 saturated carbocycles. The van der Waals surface area contributed by atoms with E-state index in [4.69, 9.17) is 0 Å². The van der Waals surface area contributed by atoms with Gasteiger partial charge in [-0.15, -0.1) is 24.8 Å². The van der Waals surface area contributed by atoms with E-state index in [2.05, 4.69) is 9.88 Å². The third-order valence-corrected chi connectivity index (χ3v) is 11.2. The molecule has 0 amide bonds. The maximum atomic E-state index is 14.1. The van der Waals surface area contributed by atoms with Crippen molar-refractivity contribution in [2.24, 2.45) is 29.6 Å². The Hall–Kier alpha value is -1.95. The van der Waals surface area contributed by atoms with Gasteiger partial charge in [0.2, 0.25) is 0 Å². The Morgan fingerprint density at radius 1 is 1.02 bits per heavy atom. The normalized spacial score (nSPS) is 23.9. The summed E-state index contributed by atoms with van der Waals surface area (Å²) in [5.74, 6) is -0.511. The van der Waals surface area contributed by atoms with E-state index in [1.165, 1.54) is 6.07 Å². The minimum Gasteiger partial charge on any atom is -0.481 e. The second kappa shape index (κ2) is 15.1. The van der Waals surface area contributed by atoms with Crippen LogP contribution < -0.4 is 0 Å². The first-order chi connectivity index (χ1) is 19.9. The molecule has 13 heteroatoms. The Morgan fingerprint density at radius 2 is 1.73 bits per heavy atom. The van der Waals surface area contributed by atoms with Crippen LogP contribution in [0, 0.1) is 35.4 Å². The van der Waals surface area contributed by atoms with Crippen LogP contribution in [-0.2, 0) is 20.8 Å². The van der Waals surface area contributed by atoms with Crippen LogP contribution in [-0.4, -0.2) is 54.8 Å². The molecular weight excluding hydrogens is 643 g/mol. The molecule has 44 heavy (non-hydrogen) atoms. The van der Waals surface area contributed by atoms with Crippen molar-refractivity contribution in [1.82, 2.24) is 9.88 Å². The number of aromatic nitrogens is 1. The van der Waals surface area contributed by atoms with Gasteiger partial charge in [0.1, 0.15) is 5.82 Å². The monoisotopic (exact) mass is 682 g/mol. The highest BCUT2D eigenvalue weighted by Crippen LogP contribution is 2.49. The molecule has 1 aromatic carbocycles. The fourth-order valence-corrected chi connectivity index (χ4v) is 8.34. The third kappa shape index (κ3) is 9.30. The number of benzene rings is 1. The largest absolute Gasteiger partial charge is 0.481 e. The summed E-state index contributed by atoms with van der Waals surface area (Å²) >= 11 is 0. The van der Waals surface area contributed by atoms with Crippen LogP contribution in [0.3, 0.4) is 0 Å². The van der Waals surface area contributed by atoms with Gasteiger partial charge in [-0.3, -0.25) is 4.79 Å². The molecule has 1 aliphatic heterocycles. The summed E-state index contributed by atoms with van der Waals surface area (Å²) in [6.45, 7) is 2.35. The predicted molar refractivity (Wildman–Crippen MR) is 163 cm³/mol. The van der Waals surface area contributed by atoms with Crippen LogP contribution in [0.25, 0.3) is 0 Å². The minimum atomic E-state index is -4.57. The summed E-state index contributed by atoms with van der Waals surface area (Å²) in [6, 6.07) is 8.33. The van der Waals surface area contributed by atoms with E-state index in [9.17, 15) is 35.9 Å². The standard InChI is InChI=1S/C31H38F4N2O4S.2ClH/c32-26-3-1-2-22(16-26)27-17-23(28(30(38)39)14-21-4-5-21)15-24(27)19-37-11-8-20(9-12-37)10-13-42(40,41)29-7-6-25(18-36-29)31(33,34)35;;/h1-3,6-7,16,18,20-21,23-24,27-28H,4-5,8-15,17,19H2,(H,38,39);2*1H/t23?,24?,27?,28-;;/m0../s1. The maximum absolute atomic E-state index is 14.1. The zero-order valence-corrected chi connectivity index (χ0v) is 26.7. The van der Waals surface area contributed by atoms with E-state index < -0.39 is 27.5 Å². The molecule has 0 radical (unpaired) electrons. The van der Waals surface area contributed by atoms with Gasteiger partial charge in [0.25, 0.3) is 0 Å². The fraction of sp³-hybridized carbons (Fsp3) is 0.613. The summed E-state index contributed by atoms with van der Waals surface area (Å²) in [5, 5.41) is 9.67. The summed E-state index contributed by atoms with van der Waals surface area (Å²) in [6.07, 6.45) is 2.46. The molecule has 1 aromatic heterocycles. The van der Waals surface area contributed by atoms with E-state index in [-0.39, 0.29) is 71.0 Å². The van der Waals surface area contributed by atoms with E-state index in [1.54, 1.807) is 12.1 Å². The van der Waals surface area contributed by atoms with Crippen LogP contribution in [0.1, 0.15) is 68.4 Å². The van der Waals surface area contributed by atoms with E-state index in [1.807, 2.05) is 6.07 Å². The van der Waals surface area contributed by atoms with Crippen LogP contribution in [0.2, 0.25) is 0 Å². The number of piperidine rings is 1. The number of hydrogen-bond donors (Lipinski definition) is 1. The van der Waals surface area contributed by atoms with Gasteiger partial charge in [0.05, 0.1) is 17.2 Å². The molecule has 1 saturated heterocycles. The average Bonchev–Trinajstić information content (AvgIpc) is 3.68. The number of rotatable bonds is 11. The van der Waals surface area contributed by atoms with Gasteiger partial charge in [-0.25, -0.2) is 17.8 Å². The van der Waals surface area contributed by atoms with E-state index in [0.717, 1.165) is 82.3 Å². The number of hydrogen-bond acceptors (Lipinski definition) is 5. The first kappa shape index (κ1) is 36.5. The summed E-state index contributed by atoms with van der Waals surface area (Å²) in [5.41, 5.74) is -0.0570. The Balaban J connectivity index is 0.00000264. The molecule has 0 bridgehead atoms. The Morgan fingerprint density at radius 3 is 2.30 bits per heavy atom. The molecule has 1 N–H and O–H groups in total. The Labute approximate surface area is 268 Å². The van der Waals surface area contributed by atoms with Gasteiger partial charge in [-0.2, -0.15) is 13.2 Å². The highest BCUT2D eigenvalue weighted by atomic mass is 35.5. The zero-order chi connectivity index (χ0) is 30.1. The van der Waals surface area contributed by atoms with Gasteiger partial charge < -0.3 is 10.0 Å². The van der Waals surface area contributed by atoms with Crippen LogP contribution in [0.5, 0.6) is 0 Å². The van der Waals surface area contributed by atoms with Crippen molar-refractivity contribution in [2.45, 2.75) is 68.5 Å². The lowest BCUT2D eigenvalue weighted by Crippen LogP contribution is -2.38. The molecule has 6 nitrogen and oxygen atoms in total. The second-order valence-electron chi connectivity index (χ2n) is 12.5. The van der Waals surface area contributed by atoms with Crippen molar-refractivity contribution in [2.75, 3.05) is 25.4 Å². The average molecular weight is 684 g/mol. The first-order valence-corrected chi connectivity index (χ1v) is 16.5. The predicted octanol–water partition coefficient (Wildman–Crippen LogP) is 7.27. The number of nitrogens with zero attached hydrogens (tertiary/aromatic N) is 2. The molecule has 3 aliphatic rings. The highest BCUT2D eigenvalue weighted by Gasteiger charge is 2.43. The van der Waals surface area contributed by atoms with Gasteiger partial charge >= 0.3 is 12.1 Å². The second-order valence-corrected chi connectivity index (χ2v) is 14.6. The molecule has 3 unspecified atom stereocenters. The number of likely N-dealkylation sites (tertiary alicyclic amines) is 1. The zero-order valence-electron chi connectivity index (χ0n) is 24.3. The number of alkyl halides is 3. The fourth-order valence-electron chi connectivity index (χ4n) is 7.00. The molecule has 2 heterocycles. The van der Waals surface area contributed by atoms with Crippen molar-refractivity contribution in [1.29, 1.82) is 0 Å². The molecule has 0 spiro atoms. The van der Waals surface area contributed by atoms with Crippen molar-refractivity contribution >= 4 is 40.6 Å². The van der Waals surface area contributed by atoms with E-state index in [0.29, 0.717) is 18.5 Å². The lowest BCUT2D eigenvalue weighted by molar-refractivity contribution is -0.144. The quantitative estimate of drug-likeness (QED) is 0.251. The number of carboxylic acids is 1. The molecular formula is C31H40Cl2F4N2O4S. The van der Waals surface area contributed by atoms with Gasteiger partial charge in [-0.05, 0) is 111 Å². The van der Waals surface area contributed by atoms with Crippen molar-refractivity contribution in [3.05, 3.63) is 59.5 Å². The number of carbonyl (C=O) groups is 1. The van der Waals surface area contributed by atoms with Crippen molar-refractivity contribution < 1.29 is 35.9 Å². The van der Waals surface area contributed by atoms with Crippen LogP contribution in [0.4, 0.5) is 17.6 Å². The third-order valence-electron chi connectivity index (χ3n) is 9.56. The van der Waals surface area contributed by atoms with Gasteiger partial charge in [0.15, 0.2) is 14.9 Å². The SMILES string of the molecule is Cl.Cl.O=C(O)[C@@H](CC1CC1)C1CC(CN2CCC(CCS(=O)(=O)c3ccc(C(F)(F)F)cn3)CC2)C(c2cccc(F)c2)C1. The van der Waals surface area contributed by atoms with Crippen LogP contribution in [0.15, 0.2) is 47.6 Å². The minimum absolute atomic E-state index is 0. The number of aliphatic carboxylic acids is 1. The lowest BCUT2D eigenvalue weighted by Gasteiger charge is -2.35. The Bertz CT molecular complexity index is 1350. The summed E-state index contributed by atoms with van der Waals surface area (Å²) in [4.78, 5) is 18.1. The van der Waals surface area contributed by atoms with E-state index >= 15 is 0 Å². The van der Waals surface area contributed by atoms with Gasteiger partial charge in [0, 0.05) is 12.7 Å². The van der Waals surface area contributed by atoms with Crippen molar-refractivity contribution in [3.63, 3.8) is 0 Å². The Kier molecular flexibility index (Phi) is 12.5. The topological polar surface area (TPSA) is 87.6 Å². The molecule has 3 fully saturated rings. The van der Waals surface area contributed by atoms with Gasteiger partial charge in [-0.1, -0.05) is 25.0 Å².